The van der Waals surface area contributed by atoms with E-state index in [1.165, 1.54) is 7.11 Å². The van der Waals surface area contributed by atoms with E-state index in [4.69, 9.17) is 9.47 Å². The summed E-state index contributed by atoms with van der Waals surface area (Å²) < 4.78 is 10.3. The third-order valence-electron chi connectivity index (χ3n) is 2.98. The minimum Gasteiger partial charge on any atom is -0.480 e. The van der Waals surface area contributed by atoms with Gasteiger partial charge in [0.15, 0.2) is 0 Å². The Kier molecular flexibility index (Phi) is 4.50. The number of carboxylic acids is 1. The van der Waals surface area contributed by atoms with Gasteiger partial charge in [-0.15, -0.1) is 0 Å². The van der Waals surface area contributed by atoms with Crippen LogP contribution in [0.25, 0.3) is 0 Å². The average Bonchev–Trinajstić information content (AvgIpc) is 2.26. The van der Waals surface area contributed by atoms with Gasteiger partial charge in [-0.2, -0.15) is 0 Å². The maximum Gasteiger partial charge on any atom is 0.326 e. The zero-order valence-corrected chi connectivity index (χ0v) is 9.36. The first-order valence-corrected chi connectivity index (χ1v) is 5.22. The van der Waals surface area contributed by atoms with E-state index < -0.39 is 11.5 Å². The van der Waals surface area contributed by atoms with Gasteiger partial charge in [-0.1, -0.05) is 6.92 Å². The van der Waals surface area contributed by atoms with E-state index >= 15 is 0 Å². The second-order valence-electron chi connectivity index (χ2n) is 3.72. The zero-order chi connectivity index (χ0) is 11.3. The van der Waals surface area contributed by atoms with Crippen molar-refractivity contribution in [2.45, 2.75) is 18.9 Å². The first-order valence-electron chi connectivity index (χ1n) is 5.22. The summed E-state index contributed by atoms with van der Waals surface area (Å²) in [5.74, 6) is -0.811. The molecular formula is C10H19NO4. The molecule has 1 aliphatic rings. The number of methoxy groups -OCH3 is 1. The molecule has 0 saturated carbocycles. The van der Waals surface area contributed by atoms with Crippen molar-refractivity contribution in [2.24, 2.45) is 0 Å². The van der Waals surface area contributed by atoms with E-state index in [1.54, 1.807) is 0 Å². The minimum atomic E-state index is -0.890. The van der Waals surface area contributed by atoms with Gasteiger partial charge in [0, 0.05) is 20.2 Å². The van der Waals surface area contributed by atoms with Crippen LogP contribution in [0.15, 0.2) is 0 Å². The van der Waals surface area contributed by atoms with Crippen LogP contribution in [-0.4, -0.2) is 61.5 Å². The minimum absolute atomic E-state index is 0.221. The Bertz CT molecular complexity index is 215. The lowest BCUT2D eigenvalue weighted by molar-refractivity contribution is -0.160. The van der Waals surface area contributed by atoms with Crippen molar-refractivity contribution in [1.29, 1.82) is 0 Å². The van der Waals surface area contributed by atoms with Crippen LogP contribution < -0.4 is 0 Å². The van der Waals surface area contributed by atoms with Gasteiger partial charge in [-0.25, -0.2) is 0 Å². The zero-order valence-electron chi connectivity index (χ0n) is 9.36. The molecule has 1 heterocycles. The van der Waals surface area contributed by atoms with Crippen molar-refractivity contribution in [1.82, 2.24) is 4.90 Å². The van der Waals surface area contributed by atoms with E-state index in [9.17, 15) is 9.90 Å². The van der Waals surface area contributed by atoms with Crippen molar-refractivity contribution >= 4 is 5.97 Å². The Morgan fingerprint density at radius 3 is 2.53 bits per heavy atom. The average molecular weight is 217 g/mol. The lowest BCUT2D eigenvalue weighted by Gasteiger charge is -2.41. The molecule has 1 saturated heterocycles. The summed E-state index contributed by atoms with van der Waals surface area (Å²) in [5, 5.41) is 9.34. The fourth-order valence-electron chi connectivity index (χ4n) is 2.00. The van der Waals surface area contributed by atoms with Gasteiger partial charge in [-0.05, 0) is 6.42 Å². The molecule has 5 heteroatoms. The van der Waals surface area contributed by atoms with Gasteiger partial charge < -0.3 is 14.6 Å². The summed E-state index contributed by atoms with van der Waals surface area (Å²) in [6.07, 6.45) is 0.538. The molecule has 1 N–H and O–H groups in total. The van der Waals surface area contributed by atoms with E-state index in [2.05, 4.69) is 0 Å². The number of hydrogen-bond donors (Lipinski definition) is 1. The fraction of sp³-hybridized carbons (Fsp3) is 0.900. The highest BCUT2D eigenvalue weighted by Crippen LogP contribution is 2.22. The number of morpholine rings is 1. The molecule has 0 aromatic heterocycles. The Hall–Kier alpha value is -0.650. The van der Waals surface area contributed by atoms with Gasteiger partial charge in [0.25, 0.3) is 0 Å². The summed E-state index contributed by atoms with van der Waals surface area (Å²) in [6, 6.07) is 0. The van der Waals surface area contributed by atoms with E-state index in [0.717, 1.165) is 0 Å². The summed E-state index contributed by atoms with van der Waals surface area (Å²) in [7, 11) is 1.54. The van der Waals surface area contributed by atoms with Crippen LogP contribution in [0.3, 0.4) is 0 Å². The van der Waals surface area contributed by atoms with Crippen LogP contribution >= 0.6 is 0 Å². The number of nitrogens with zero attached hydrogens (tertiary/aromatic N) is 1. The Balaban J connectivity index is 2.80. The van der Waals surface area contributed by atoms with E-state index in [1.807, 2.05) is 11.8 Å². The van der Waals surface area contributed by atoms with Crippen molar-refractivity contribution < 1.29 is 19.4 Å². The molecule has 0 aliphatic carbocycles. The van der Waals surface area contributed by atoms with Crippen LogP contribution in [-0.2, 0) is 14.3 Å². The molecule has 1 rings (SSSR count). The standard InChI is InChI=1S/C10H19NO4/c1-3-10(8-14-2,9(12)13)11-4-6-15-7-5-11/h3-8H2,1-2H3,(H,12,13). The number of rotatable bonds is 5. The van der Waals surface area contributed by atoms with Crippen molar-refractivity contribution in [3.63, 3.8) is 0 Å². The quantitative estimate of drug-likeness (QED) is 0.712. The monoisotopic (exact) mass is 217 g/mol. The second-order valence-corrected chi connectivity index (χ2v) is 3.72. The van der Waals surface area contributed by atoms with Gasteiger partial charge in [-0.3, -0.25) is 9.69 Å². The fourth-order valence-corrected chi connectivity index (χ4v) is 2.00. The SMILES string of the molecule is CCC(COC)(C(=O)O)N1CCOCC1. The second kappa shape index (κ2) is 5.44. The Labute approximate surface area is 90.0 Å². The molecule has 0 aromatic rings. The maximum atomic E-state index is 11.4. The third-order valence-corrected chi connectivity index (χ3v) is 2.98. The first-order chi connectivity index (χ1) is 7.17. The molecule has 0 bridgehead atoms. The number of hydrogen-bond acceptors (Lipinski definition) is 4. The highest BCUT2D eigenvalue weighted by molar-refractivity contribution is 5.79. The topological polar surface area (TPSA) is 59.0 Å². The third kappa shape index (κ3) is 2.48. The lowest BCUT2D eigenvalue weighted by atomic mass is 9.94. The van der Waals surface area contributed by atoms with Crippen LogP contribution in [0.4, 0.5) is 0 Å². The van der Waals surface area contributed by atoms with Crippen molar-refractivity contribution in [3.05, 3.63) is 0 Å². The number of aliphatic carboxylic acids is 1. The van der Waals surface area contributed by atoms with Crippen LogP contribution in [0.5, 0.6) is 0 Å². The predicted molar refractivity (Wildman–Crippen MR) is 54.9 cm³/mol. The summed E-state index contributed by atoms with van der Waals surface area (Å²) in [6.45, 7) is 4.60. The molecule has 0 spiro atoms. The predicted octanol–water partition coefficient (Wildman–Crippen LogP) is 0.198. The molecule has 15 heavy (non-hydrogen) atoms. The highest BCUT2D eigenvalue weighted by Gasteiger charge is 2.43. The van der Waals surface area contributed by atoms with Gasteiger partial charge >= 0.3 is 5.97 Å². The van der Waals surface area contributed by atoms with Crippen LogP contribution in [0, 0.1) is 0 Å². The van der Waals surface area contributed by atoms with Gasteiger partial charge in [0.1, 0.15) is 5.54 Å². The molecule has 1 unspecified atom stereocenters. The molecule has 5 nitrogen and oxygen atoms in total. The molecule has 1 aliphatic heterocycles. The molecule has 88 valence electrons. The van der Waals surface area contributed by atoms with E-state index in [0.29, 0.717) is 32.7 Å². The van der Waals surface area contributed by atoms with Crippen LogP contribution in [0.2, 0.25) is 0 Å². The van der Waals surface area contributed by atoms with Crippen molar-refractivity contribution in [3.8, 4) is 0 Å². The van der Waals surface area contributed by atoms with E-state index in [-0.39, 0.29) is 6.61 Å². The molecule has 1 fully saturated rings. The molecular weight excluding hydrogens is 198 g/mol. The summed E-state index contributed by atoms with van der Waals surface area (Å²) >= 11 is 0. The Morgan fingerprint density at radius 2 is 2.13 bits per heavy atom. The number of carbonyl (C=O) groups is 1. The molecule has 0 amide bonds. The normalized spacial score (nSPS) is 22.3. The Morgan fingerprint density at radius 1 is 1.53 bits per heavy atom. The summed E-state index contributed by atoms with van der Waals surface area (Å²) in [5.41, 5.74) is -0.890. The highest BCUT2D eigenvalue weighted by atomic mass is 16.5. The van der Waals surface area contributed by atoms with Gasteiger partial charge in [0.05, 0.1) is 19.8 Å². The molecule has 1 atom stereocenters. The largest absolute Gasteiger partial charge is 0.480 e. The lowest BCUT2D eigenvalue weighted by Crippen LogP contribution is -2.60. The number of carboxylic acid groups (broad SMARTS) is 1. The molecule has 0 radical (unpaired) electrons. The summed E-state index contributed by atoms with van der Waals surface area (Å²) in [4.78, 5) is 13.3. The smallest absolute Gasteiger partial charge is 0.326 e. The van der Waals surface area contributed by atoms with Crippen LogP contribution in [0.1, 0.15) is 13.3 Å². The van der Waals surface area contributed by atoms with Crippen molar-refractivity contribution in [2.75, 3.05) is 40.0 Å². The molecule has 0 aromatic carbocycles. The first kappa shape index (κ1) is 12.4. The number of ether oxygens (including phenoxy) is 2. The van der Waals surface area contributed by atoms with Gasteiger partial charge in [0.2, 0.25) is 0 Å². The maximum absolute atomic E-state index is 11.4.